The second kappa shape index (κ2) is 8.02. The average Bonchev–Trinajstić information content (AvgIpc) is 3.12. The van der Waals surface area contributed by atoms with Crippen LogP contribution in [0.1, 0.15) is 36.1 Å². The maximum absolute atomic E-state index is 12.8. The number of anilines is 1. The first-order chi connectivity index (χ1) is 12.2. The third-order valence-electron chi connectivity index (χ3n) is 4.34. The molecule has 0 spiro atoms. The molecule has 1 amide bonds. The number of pyridine rings is 1. The van der Waals surface area contributed by atoms with Crippen molar-refractivity contribution in [1.82, 2.24) is 25.2 Å². The van der Waals surface area contributed by atoms with Gasteiger partial charge in [0.1, 0.15) is 5.82 Å². The van der Waals surface area contributed by atoms with Crippen LogP contribution in [-0.2, 0) is 17.8 Å². The zero-order valence-electron chi connectivity index (χ0n) is 14.7. The van der Waals surface area contributed by atoms with Gasteiger partial charge in [-0.3, -0.25) is 9.78 Å². The van der Waals surface area contributed by atoms with Gasteiger partial charge in [0.25, 0.3) is 0 Å². The van der Waals surface area contributed by atoms with Crippen LogP contribution >= 0.6 is 0 Å². The number of hydrogen-bond acceptors (Lipinski definition) is 6. The average molecular weight is 340 g/mol. The molecule has 3 rings (SSSR count). The molecule has 1 fully saturated rings. The zero-order chi connectivity index (χ0) is 17.6. The van der Waals surface area contributed by atoms with Gasteiger partial charge in [0, 0.05) is 38.1 Å². The van der Waals surface area contributed by atoms with Crippen molar-refractivity contribution in [2.24, 2.45) is 0 Å². The van der Waals surface area contributed by atoms with E-state index in [9.17, 15) is 4.79 Å². The first-order valence-electron chi connectivity index (χ1n) is 8.61. The molecule has 2 N–H and O–H groups in total. The van der Waals surface area contributed by atoms with Gasteiger partial charge in [-0.05, 0) is 32.0 Å². The van der Waals surface area contributed by atoms with E-state index in [2.05, 4.69) is 25.6 Å². The van der Waals surface area contributed by atoms with E-state index in [1.165, 1.54) is 0 Å². The summed E-state index contributed by atoms with van der Waals surface area (Å²) >= 11 is 0. The summed E-state index contributed by atoms with van der Waals surface area (Å²) in [4.78, 5) is 28.2. The minimum atomic E-state index is -0.0693. The summed E-state index contributed by atoms with van der Waals surface area (Å²) in [6.45, 7) is 1.41. The summed E-state index contributed by atoms with van der Waals surface area (Å²) < 4.78 is 0. The normalized spacial score (nSPS) is 16.9. The molecule has 1 saturated heterocycles. The molecule has 0 radical (unpaired) electrons. The van der Waals surface area contributed by atoms with Crippen LogP contribution in [0.2, 0.25) is 0 Å². The second-order valence-corrected chi connectivity index (χ2v) is 6.13. The van der Waals surface area contributed by atoms with Crippen molar-refractivity contribution in [3.63, 3.8) is 0 Å². The molecule has 0 aromatic carbocycles. The Morgan fingerprint density at radius 1 is 1.28 bits per heavy atom. The number of carbonyl (C=O) groups excluding carboxylic acids is 1. The van der Waals surface area contributed by atoms with Crippen molar-refractivity contribution in [3.8, 4) is 0 Å². The number of carbonyl (C=O) groups is 1. The number of likely N-dealkylation sites (tertiary alicyclic amines) is 1. The van der Waals surface area contributed by atoms with Gasteiger partial charge in [0.2, 0.25) is 5.91 Å². The summed E-state index contributed by atoms with van der Waals surface area (Å²) in [6, 6.07) is 7.49. The lowest BCUT2D eigenvalue weighted by Gasteiger charge is -2.24. The molecule has 0 aliphatic carbocycles. The minimum absolute atomic E-state index is 0.0693. The Bertz CT molecular complexity index is 721. The molecular weight excluding hydrogens is 316 g/mol. The van der Waals surface area contributed by atoms with Gasteiger partial charge in [-0.25, -0.2) is 9.97 Å². The van der Waals surface area contributed by atoms with E-state index in [0.29, 0.717) is 18.8 Å². The number of amides is 1. The first-order valence-corrected chi connectivity index (χ1v) is 8.61. The topological polar surface area (TPSA) is 83.0 Å². The van der Waals surface area contributed by atoms with Crippen LogP contribution in [0.3, 0.4) is 0 Å². The molecule has 25 heavy (non-hydrogen) atoms. The van der Waals surface area contributed by atoms with E-state index < -0.39 is 0 Å². The fourth-order valence-corrected chi connectivity index (χ4v) is 3.16. The molecule has 2 aromatic heterocycles. The quantitative estimate of drug-likeness (QED) is 0.830. The van der Waals surface area contributed by atoms with Gasteiger partial charge in [-0.15, -0.1) is 0 Å². The number of rotatable bonds is 6. The molecule has 132 valence electrons. The third-order valence-corrected chi connectivity index (χ3v) is 4.34. The van der Waals surface area contributed by atoms with Crippen molar-refractivity contribution in [2.75, 3.05) is 26.0 Å². The summed E-state index contributed by atoms with van der Waals surface area (Å²) in [6.07, 6.45) is 3.88. The Kier molecular flexibility index (Phi) is 5.55. The molecular formula is C18H24N6O. The van der Waals surface area contributed by atoms with Crippen LogP contribution in [0.5, 0.6) is 0 Å². The lowest BCUT2D eigenvalue weighted by Crippen LogP contribution is -2.33. The maximum atomic E-state index is 12.8. The Labute approximate surface area is 147 Å². The molecule has 1 aliphatic rings. The molecule has 7 nitrogen and oxygen atoms in total. The number of hydrogen-bond donors (Lipinski definition) is 2. The van der Waals surface area contributed by atoms with Crippen molar-refractivity contribution in [1.29, 1.82) is 0 Å². The molecule has 3 heterocycles. The second-order valence-electron chi connectivity index (χ2n) is 6.13. The van der Waals surface area contributed by atoms with Crippen LogP contribution < -0.4 is 10.6 Å². The summed E-state index contributed by atoms with van der Waals surface area (Å²) in [7, 11) is 3.73. The van der Waals surface area contributed by atoms with Gasteiger partial charge in [0.05, 0.1) is 18.2 Å². The maximum Gasteiger partial charge on any atom is 0.229 e. The van der Waals surface area contributed by atoms with E-state index in [-0.39, 0.29) is 11.9 Å². The standard InChI is InChI=1S/C18H24N6O/c1-19-12-14-10-16(20-2)23-18(22-14)15-7-5-9-24(15)17(25)11-13-6-3-4-8-21-13/h3-4,6,8,10,15,19H,5,7,9,11-12H2,1-2H3,(H,20,22,23). The third kappa shape index (κ3) is 4.11. The summed E-state index contributed by atoms with van der Waals surface area (Å²) in [5, 5.41) is 6.19. The van der Waals surface area contributed by atoms with Crippen LogP contribution in [0.25, 0.3) is 0 Å². The summed E-state index contributed by atoms with van der Waals surface area (Å²) in [5.74, 6) is 1.57. The first kappa shape index (κ1) is 17.3. The molecule has 0 bridgehead atoms. The number of aromatic nitrogens is 3. The van der Waals surface area contributed by atoms with Crippen molar-refractivity contribution in [2.45, 2.75) is 31.8 Å². The largest absolute Gasteiger partial charge is 0.373 e. The van der Waals surface area contributed by atoms with E-state index >= 15 is 0 Å². The molecule has 1 aliphatic heterocycles. The Hall–Kier alpha value is -2.54. The Balaban J connectivity index is 1.81. The van der Waals surface area contributed by atoms with Crippen molar-refractivity contribution >= 4 is 11.7 Å². The van der Waals surface area contributed by atoms with Gasteiger partial charge in [-0.1, -0.05) is 6.07 Å². The Morgan fingerprint density at radius 2 is 2.16 bits per heavy atom. The predicted octanol–water partition coefficient (Wildman–Crippen LogP) is 1.54. The van der Waals surface area contributed by atoms with Crippen LogP contribution in [0.4, 0.5) is 5.82 Å². The molecule has 1 unspecified atom stereocenters. The molecule has 2 aromatic rings. The number of nitrogens with one attached hydrogen (secondary N) is 2. The zero-order valence-corrected chi connectivity index (χ0v) is 14.7. The van der Waals surface area contributed by atoms with Gasteiger partial charge < -0.3 is 15.5 Å². The predicted molar refractivity (Wildman–Crippen MR) is 96.0 cm³/mol. The smallest absolute Gasteiger partial charge is 0.229 e. The van der Waals surface area contributed by atoms with Crippen LogP contribution in [-0.4, -0.2) is 46.4 Å². The highest BCUT2D eigenvalue weighted by molar-refractivity contribution is 5.79. The van der Waals surface area contributed by atoms with Gasteiger partial charge >= 0.3 is 0 Å². The highest BCUT2D eigenvalue weighted by Gasteiger charge is 2.32. The molecule has 1 atom stereocenters. The van der Waals surface area contributed by atoms with E-state index in [4.69, 9.17) is 0 Å². The summed E-state index contributed by atoms with van der Waals surface area (Å²) in [5.41, 5.74) is 1.71. The monoisotopic (exact) mass is 340 g/mol. The SMILES string of the molecule is CNCc1cc(NC)nc(C2CCCN2C(=O)Cc2ccccn2)n1. The lowest BCUT2D eigenvalue weighted by atomic mass is 10.1. The van der Waals surface area contributed by atoms with Crippen molar-refractivity contribution in [3.05, 3.63) is 47.7 Å². The van der Waals surface area contributed by atoms with E-state index in [1.54, 1.807) is 6.20 Å². The van der Waals surface area contributed by atoms with Gasteiger partial charge in [0.15, 0.2) is 5.82 Å². The molecule has 0 saturated carbocycles. The fraction of sp³-hybridized carbons (Fsp3) is 0.444. The van der Waals surface area contributed by atoms with Gasteiger partial charge in [-0.2, -0.15) is 0 Å². The highest BCUT2D eigenvalue weighted by Crippen LogP contribution is 2.31. The molecule has 7 heteroatoms. The Morgan fingerprint density at radius 3 is 2.88 bits per heavy atom. The van der Waals surface area contributed by atoms with Crippen LogP contribution in [0, 0.1) is 0 Å². The fourth-order valence-electron chi connectivity index (χ4n) is 3.16. The van der Waals surface area contributed by atoms with E-state index in [0.717, 1.165) is 36.6 Å². The van der Waals surface area contributed by atoms with Crippen LogP contribution in [0.15, 0.2) is 30.5 Å². The lowest BCUT2D eigenvalue weighted by molar-refractivity contribution is -0.131. The van der Waals surface area contributed by atoms with Crippen molar-refractivity contribution < 1.29 is 4.79 Å². The highest BCUT2D eigenvalue weighted by atomic mass is 16.2. The number of nitrogens with zero attached hydrogens (tertiary/aromatic N) is 4. The minimum Gasteiger partial charge on any atom is -0.373 e. The van der Waals surface area contributed by atoms with E-state index in [1.807, 2.05) is 43.3 Å².